The zero-order valence-electron chi connectivity index (χ0n) is 12.6. The Bertz CT molecular complexity index is 471. The minimum atomic E-state index is -0.810. The first-order valence-corrected chi connectivity index (χ1v) is 7.20. The van der Waals surface area contributed by atoms with Crippen molar-refractivity contribution in [1.82, 2.24) is 5.32 Å². The summed E-state index contributed by atoms with van der Waals surface area (Å²) >= 11 is 0. The quantitative estimate of drug-likeness (QED) is 0.686. The maximum Gasteiger partial charge on any atom is 0.303 e. The van der Waals surface area contributed by atoms with E-state index in [0.29, 0.717) is 31.1 Å². The number of carbonyl (C=O) groups excluding carboxylic acids is 1. The highest BCUT2D eigenvalue weighted by Crippen LogP contribution is 2.19. The van der Waals surface area contributed by atoms with Crippen molar-refractivity contribution in [3.05, 3.63) is 29.8 Å². The average molecular weight is 293 g/mol. The van der Waals surface area contributed by atoms with Crippen LogP contribution in [0.25, 0.3) is 0 Å². The van der Waals surface area contributed by atoms with E-state index in [1.807, 2.05) is 24.3 Å². The third-order valence-electron chi connectivity index (χ3n) is 3.03. The molecule has 0 saturated carbocycles. The normalized spacial score (nSPS) is 10.4. The first kappa shape index (κ1) is 17.0. The van der Waals surface area contributed by atoms with Gasteiger partial charge in [-0.3, -0.25) is 9.59 Å². The molecular weight excluding hydrogens is 270 g/mol. The van der Waals surface area contributed by atoms with E-state index in [1.165, 1.54) is 5.56 Å². The number of carboxylic acids is 1. The fourth-order valence-electron chi connectivity index (χ4n) is 1.79. The molecule has 5 heteroatoms. The van der Waals surface area contributed by atoms with Crippen LogP contribution in [-0.4, -0.2) is 30.1 Å². The van der Waals surface area contributed by atoms with Gasteiger partial charge in [0.25, 0.3) is 5.91 Å². The van der Waals surface area contributed by atoms with Crippen LogP contribution in [0.15, 0.2) is 24.3 Å². The van der Waals surface area contributed by atoms with Gasteiger partial charge in [-0.05, 0) is 36.5 Å². The maximum absolute atomic E-state index is 11.6. The van der Waals surface area contributed by atoms with Crippen LogP contribution in [0, 0.1) is 0 Å². The Hall–Kier alpha value is -2.04. The molecule has 0 aliphatic rings. The number of hydrogen-bond acceptors (Lipinski definition) is 3. The van der Waals surface area contributed by atoms with Gasteiger partial charge in [0.1, 0.15) is 5.75 Å². The number of benzene rings is 1. The Balaban J connectivity index is 2.23. The van der Waals surface area contributed by atoms with E-state index in [4.69, 9.17) is 9.84 Å². The SMILES string of the molecule is CC(C)c1cccc(OCC(=O)NCCCCC(=O)O)c1. The van der Waals surface area contributed by atoms with Crippen LogP contribution >= 0.6 is 0 Å². The molecule has 1 aromatic carbocycles. The highest BCUT2D eigenvalue weighted by Gasteiger charge is 2.05. The molecule has 2 N–H and O–H groups in total. The monoisotopic (exact) mass is 293 g/mol. The Kier molecular flexibility index (Phi) is 7.29. The van der Waals surface area contributed by atoms with E-state index in [0.717, 1.165) is 0 Å². The second kappa shape index (κ2) is 9.00. The van der Waals surface area contributed by atoms with Gasteiger partial charge in [0, 0.05) is 13.0 Å². The first-order valence-electron chi connectivity index (χ1n) is 7.20. The molecule has 0 fully saturated rings. The largest absolute Gasteiger partial charge is 0.484 e. The van der Waals surface area contributed by atoms with Gasteiger partial charge in [0.05, 0.1) is 0 Å². The van der Waals surface area contributed by atoms with Gasteiger partial charge in [0.15, 0.2) is 6.61 Å². The number of rotatable bonds is 9. The lowest BCUT2D eigenvalue weighted by molar-refractivity contribution is -0.137. The van der Waals surface area contributed by atoms with Crippen LogP contribution in [0.1, 0.15) is 44.6 Å². The van der Waals surface area contributed by atoms with Crippen molar-refractivity contribution in [2.75, 3.05) is 13.2 Å². The van der Waals surface area contributed by atoms with Crippen LogP contribution in [0.2, 0.25) is 0 Å². The van der Waals surface area contributed by atoms with Crippen molar-refractivity contribution in [2.24, 2.45) is 0 Å². The lowest BCUT2D eigenvalue weighted by Gasteiger charge is -2.10. The number of unbranched alkanes of at least 4 members (excludes halogenated alkanes) is 1. The molecule has 0 saturated heterocycles. The van der Waals surface area contributed by atoms with Gasteiger partial charge in [-0.15, -0.1) is 0 Å². The number of amides is 1. The van der Waals surface area contributed by atoms with E-state index in [9.17, 15) is 9.59 Å². The summed E-state index contributed by atoms with van der Waals surface area (Å²) in [6.45, 7) is 4.65. The Morgan fingerprint density at radius 2 is 2.05 bits per heavy atom. The molecule has 1 rings (SSSR count). The molecule has 0 unspecified atom stereocenters. The second-order valence-electron chi connectivity index (χ2n) is 5.22. The number of hydrogen-bond donors (Lipinski definition) is 2. The zero-order valence-corrected chi connectivity index (χ0v) is 12.6. The minimum absolute atomic E-state index is 0.0273. The summed E-state index contributed by atoms with van der Waals surface area (Å²) in [6, 6.07) is 7.70. The third kappa shape index (κ3) is 7.34. The molecule has 116 valence electrons. The molecule has 0 radical (unpaired) electrons. The Labute approximate surface area is 125 Å². The molecule has 1 amide bonds. The van der Waals surface area contributed by atoms with Crippen LogP contribution in [0.5, 0.6) is 5.75 Å². The lowest BCUT2D eigenvalue weighted by Crippen LogP contribution is -2.29. The summed E-state index contributed by atoms with van der Waals surface area (Å²) in [5.41, 5.74) is 1.17. The molecule has 0 aromatic heterocycles. The highest BCUT2D eigenvalue weighted by molar-refractivity contribution is 5.77. The Morgan fingerprint density at radius 3 is 2.71 bits per heavy atom. The number of nitrogens with one attached hydrogen (secondary N) is 1. The second-order valence-corrected chi connectivity index (χ2v) is 5.22. The van der Waals surface area contributed by atoms with E-state index in [2.05, 4.69) is 19.2 Å². The van der Waals surface area contributed by atoms with E-state index < -0.39 is 5.97 Å². The molecule has 0 aliphatic carbocycles. The zero-order chi connectivity index (χ0) is 15.7. The van der Waals surface area contributed by atoms with Crippen molar-refractivity contribution in [1.29, 1.82) is 0 Å². The van der Waals surface area contributed by atoms with E-state index in [-0.39, 0.29) is 18.9 Å². The van der Waals surface area contributed by atoms with Crippen molar-refractivity contribution < 1.29 is 19.4 Å². The molecule has 0 atom stereocenters. The van der Waals surface area contributed by atoms with Gasteiger partial charge < -0.3 is 15.2 Å². The fraction of sp³-hybridized carbons (Fsp3) is 0.500. The van der Waals surface area contributed by atoms with Crippen molar-refractivity contribution in [2.45, 2.75) is 39.0 Å². The molecular formula is C16H23NO4. The Morgan fingerprint density at radius 1 is 1.29 bits per heavy atom. The third-order valence-corrected chi connectivity index (χ3v) is 3.03. The molecule has 0 aliphatic heterocycles. The molecule has 0 spiro atoms. The number of carboxylic acid groups (broad SMARTS) is 1. The summed E-state index contributed by atoms with van der Waals surface area (Å²) < 4.78 is 5.45. The minimum Gasteiger partial charge on any atom is -0.484 e. The molecule has 5 nitrogen and oxygen atoms in total. The summed E-state index contributed by atoms with van der Waals surface area (Å²) in [4.78, 5) is 21.9. The number of ether oxygens (including phenoxy) is 1. The van der Waals surface area contributed by atoms with Crippen LogP contribution in [0.4, 0.5) is 0 Å². The van der Waals surface area contributed by atoms with Crippen molar-refractivity contribution >= 4 is 11.9 Å². The predicted molar refractivity (Wildman–Crippen MR) is 80.5 cm³/mol. The topological polar surface area (TPSA) is 75.6 Å². The van der Waals surface area contributed by atoms with Gasteiger partial charge in [-0.1, -0.05) is 26.0 Å². The molecule has 21 heavy (non-hydrogen) atoms. The van der Waals surface area contributed by atoms with E-state index in [1.54, 1.807) is 0 Å². The van der Waals surface area contributed by atoms with E-state index >= 15 is 0 Å². The number of aliphatic carboxylic acids is 1. The summed E-state index contributed by atoms with van der Waals surface area (Å²) in [7, 11) is 0. The highest BCUT2D eigenvalue weighted by atomic mass is 16.5. The first-order chi connectivity index (χ1) is 9.99. The standard InChI is InChI=1S/C16H23NO4/c1-12(2)13-6-5-7-14(10-13)21-11-15(18)17-9-4-3-8-16(19)20/h5-7,10,12H,3-4,8-9,11H2,1-2H3,(H,17,18)(H,19,20). The predicted octanol–water partition coefficient (Wildman–Crippen LogP) is 2.56. The molecule has 0 bridgehead atoms. The lowest BCUT2D eigenvalue weighted by atomic mass is 10.0. The van der Waals surface area contributed by atoms with Crippen LogP contribution in [-0.2, 0) is 9.59 Å². The van der Waals surface area contributed by atoms with Crippen LogP contribution < -0.4 is 10.1 Å². The van der Waals surface area contributed by atoms with Gasteiger partial charge in [-0.25, -0.2) is 0 Å². The molecule has 1 aromatic rings. The fourth-order valence-corrected chi connectivity index (χ4v) is 1.79. The summed E-state index contributed by atoms with van der Waals surface area (Å²) in [5.74, 6) is 0.0915. The number of carbonyl (C=O) groups is 2. The van der Waals surface area contributed by atoms with Crippen molar-refractivity contribution in [3.63, 3.8) is 0 Å². The molecule has 0 heterocycles. The maximum atomic E-state index is 11.6. The van der Waals surface area contributed by atoms with Crippen LogP contribution in [0.3, 0.4) is 0 Å². The average Bonchev–Trinajstić information content (AvgIpc) is 2.44. The van der Waals surface area contributed by atoms with Gasteiger partial charge in [-0.2, -0.15) is 0 Å². The van der Waals surface area contributed by atoms with Gasteiger partial charge >= 0.3 is 5.97 Å². The van der Waals surface area contributed by atoms with Crippen molar-refractivity contribution in [3.8, 4) is 5.75 Å². The van der Waals surface area contributed by atoms with Gasteiger partial charge in [0.2, 0.25) is 0 Å². The summed E-state index contributed by atoms with van der Waals surface area (Å²) in [6.07, 6.45) is 1.35. The smallest absolute Gasteiger partial charge is 0.303 e. The summed E-state index contributed by atoms with van der Waals surface area (Å²) in [5, 5.41) is 11.2.